The molecule has 0 saturated carbocycles. The molecular weight excluding hydrogens is 346 g/mol. The van der Waals surface area contributed by atoms with Gasteiger partial charge in [-0.1, -0.05) is 36.4 Å². The van der Waals surface area contributed by atoms with Crippen molar-refractivity contribution in [3.63, 3.8) is 0 Å². The summed E-state index contributed by atoms with van der Waals surface area (Å²) in [7, 11) is 1.62. The van der Waals surface area contributed by atoms with Crippen molar-refractivity contribution in [1.82, 2.24) is 10.2 Å². The summed E-state index contributed by atoms with van der Waals surface area (Å²) in [5.41, 5.74) is 2.54. The average molecular weight is 363 g/mol. The van der Waals surface area contributed by atoms with E-state index in [4.69, 9.17) is 0 Å². The van der Waals surface area contributed by atoms with Crippen LogP contribution in [0.25, 0.3) is 0 Å². The van der Waals surface area contributed by atoms with E-state index in [0.717, 1.165) is 5.56 Å². The Bertz CT molecular complexity index is 984. The summed E-state index contributed by atoms with van der Waals surface area (Å²) in [5, 5.41) is 12.1. The zero-order valence-electron chi connectivity index (χ0n) is 14.5. The fraction of sp³-hybridized carbons (Fsp3) is 0.150. The standard InChI is InChI=1S/C20H17N3O4/c1-22-15-11-23(14-9-5-8-13(10-14)19(25)26)18(24)16(15)17(21-20(22)27)12-6-3-2-4-7-12/h2-10,17H,11H2,1H3,(H,21,27)(H,25,26)/t17-/m1/s1. The van der Waals surface area contributed by atoms with Crippen molar-refractivity contribution in [3.05, 3.63) is 77.0 Å². The number of urea groups is 1. The summed E-state index contributed by atoms with van der Waals surface area (Å²) in [6, 6.07) is 14.7. The maximum atomic E-state index is 13.2. The number of hydrogen-bond donors (Lipinski definition) is 2. The van der Waals surface area contributed by atoms with Gasteiger partial charge in [-0.2, -0.15) is 0 Å². The van der Waals surface area contributed by atoms with E-state index in [-0.39, 0.29) is 24.0 Å². The molecular formula is C20H17N3O4. The molecule has 2 aliphatic rings. The van der Waals surface area contributed by atoms with Gasteiger partial charge in [-0.3, -0.25) is 9.69 Å². The maximum Gasteiger partial charge on any atom is 0.335 e. The lowest BCUT2D eigenvalue weighted by Gasteiger charge is -2.31. The summed E-state index contributed by atoms with van der Waals surface area (Å²) < 4.78 is 0. The quantitative estimate of drug-likeness (QED) is 0.876. The van der Waals surface area contributed by atoms with Crippen LogP contribution in [-0.4, -0.2) is 41.5 Å². The Morgan fingerprint density at radius 3 is 2.56 bits per heavy atom. The van der Waals surface area contributed by atoms with Gasteiger partial charge in [-0.25, -0.2) is 9.59 Å². The second kappa shape index (κ2) is 6.28. The Morgan fingerprint density at radius 1 is 1.11 bits per heavy atom. The van der Waals surface area contributed by atoms with Crippen LogP contribution in [0.2, 0.25) is 0 Å². The number of amides is 3. The lowest BCUT2D eigenvalue weighted by Crippen LogP contribution is -2.45. The number of aromatic carboxylic acids is 1. The van der Waals surface area contributed by atoms with E-state index in [1.54, 1.807) is 19.2 Å². The zero-order chi connectivity index (χ0) is 19.1. The van der Waals surface area contributed by atoms with Gasteiger partial charge in [0.25, 0.3) is 5.91 Å². The van der Waals surface area contributed by atoms with Crippen molar-refractivity contribution in [2.75, 3.05) is 18.5 Å². The van der Waals surface area contributed by atoms with E-state index in [1.165, 1.54) is 21.9 Å². The van der Waals surface area contributed by atoms with Gasteiger partial charge in [0.1, 0.15) is 0 Å². The normalized spacial score (nSPS) is 19.2. The third kappa shape index (κ3) is 2.73. The van der Waals surface area contributed by atoms with Crippen molar-refractivity contribution in [3.8, 4) is 0 Å². The van der Waals surface area contributed by atoms with Crippen LogP contribution in [0.4, 0.5) is 10.5 Å². The van der Waals surface area contributed by atoms with Crippen LogP contribution in [0.5, 0.6) is 0 Å². The van der Waals surface area contributed by atoms with Crippen LogP contribution >= 0.6 is 0 Å². The Kier molecular flexibility index (Phi) is 3.92. The van der Waals surface area contributed by atoms with Gasteiger partial charge >= 0.3 is 12.0 Å². The summed E-state index contributed by atoms with van der Waals surface area (Å²) in [4.78, 5) is 39.8. The molecule has 2 aromatic rings. The molecule has 1 atom stereocenters. The number of rotatable bonds is 3. The van der Waals surface area contributed by atoms with Gasteiger partial charge in [0.15, 0.2) is 0 Å². The fourth-order valence-corrected chi connectivity index (χ4v) is 3.48. The van der Waals surface area contributed by atoms with Gasteiger partial charge in [0, 0.05) is 12.7 Å². The first kappa shape index (κ1) is 16.8. The molecule has 2 heterocycles. The highest BCUT2D eigenvalue weighted by Gasteiger charge is 2.43. The number of likely N-dealkylation sites (N-methyl/N-ethyl adjacent to an activating group) is 1. The molecule has 0 saturated heterocycles. The molecule has 2 N–H and O–H groups in total. The van der Waals surface area contributed by atoms with Crippen molar-refractivity contribution in [2.24, 2.45) is 0 Å². The highest BCUT2D eigenvalue weighted by molar-refractivity contribution is 6.12. The molecule has 0 unspecified atom stereocenters. The van der Waals surface area contributed by atoms with Crippen LogP contribution in [0, 0.1) is 0 Å². The third-order valence-electron chi connectivity index (χ3n) is 4.90. The molecule has 7 nitrogen and oxygen atoms in total. The minimum absolute atomic E-state index is 0.104. The van der Waals surface area contributed by atoms with E-state index >= 15 is 0 Å². The molecule has 0 aromatic heterocycles. The third-order valence-corrected chi connectivity index (χ3v) is 4.90. The molecule has 3 amide bonds. The van der Waals surface area contributed by atoms with Crippen LogP contribution in [0.1, 0.15) is 22.0 Å². The zero-order valence-corrected chi connectivity index (χ0v) is 14.5. The van der Waals surface area contributed by atoms with E-state index in [2.05, 4.69) is 5.32 Å². The van der Waals surface area contributed by atoms with Crippen LogP contribution < -0.4 is 10.2 Å². The lowest BCUT2D eigenvalue weighted by atomic mass is 9.96. The Balaban J connectivity index is 1.75. The molecule has 0 aliphatic carbocycles. The number of benzene rings is 2. The molecule has 0 radical (unpaired) electrons. The smallest absolute Gasteiger partial charge is 0.335 e. The summed E-state index contributed by atoms with van der Waals surface area (Å²) in [5.74, 6) is -1.30. The van der Waals surface area contributed by atoms with Crippen molar-refractivity contribution >= 4 is 23.6 Å². The molecule has 2 aliphatic heterocycles. The topological polar surface area (TPSA) is 90.0 Å². The molecule has 0 fully saturated rings. The summed E-state index contributed by atoms with van der Waals surface area (Å²) >= 11 is 0. The average Bonchev–Trinajstić information content (AvgIpc) is 3.03. The summed E-state index contributed by atoms with van der Waals surface area (Å²) in [6.45, 7) is 0.213. The molecule has 2 aromatic carbocycles. The van der Waals surface area contributed by atoms with Crippen molar-refractivity contribution in [1.29, 1.82) is 0 Å². The molecule has 0 bridgehead atoms. The first-order chi connectivity index (χ1) is 13.0. The lowest BCUT2D eigenvalue weighted by molar-refractivity contribution is -0.114. The SMILES string of the molecule is CN1C(=O)N[C@H](c2ccccc2)C2=C1CN(c1cccc(C(=O)O)c1)C2=O. The van der Waals surface area contributed by atoms with Crippen LogP contribution in [-0.2, 0) is 4.79 Å². The van der Waals surface area contributed by atoms with Crippen molar-refractivity contribution in [2.45, 2.75) is 6.04 Å². The highest BCUT2D eigenvalue weighted by atomic mass is 16.4. The molecule has 136 valence electrons. The van der Waals surface area contributed by atoms with Crippen molar-refractivity contribution < 1.29 is 19.5 Å². The predicted octanol–water partition coefficient (Wildman–Crippen LogP) is 2.38. The van der Waals surface area contributed by atoms with E-state index < -0.39 is 12.0 Å². The number of hydrogen-bond acceptors (Lipinski definition) is 3. The Morgan fingerprint density at radius 2 is 1.85 bits per heavy atom. The van der Waals surface area contributed by atoms with Gasteiger partial charge in [0.05, 0.1) is 29.4 Å². The predicted molar refractivity (Wildman–Crippen MR) is 98.3 cm³/mol. The monoisotopic (exact) mass is 363 g/mol. The fourth-order valence-electron chi connectivity index (χ4n) is 3.48. The van der Waals surface area contributed by atoms with Gasteiger partial charge in [0.2, 0.25) is 0 Å². The first-order valence-corrected chi connectivity index (χ1v) is 8.45. The molecule has 7 heteroatoms. The number of nitrogens with one attached hydrogen (secondary N) is 1. The number of nitrogens with zero attached hydrogens (tertiary/aromatic N) is 2. The Labute approximate surface area is 155 Å². The highest BCUT2D eigenvalue weighted by Crippen LogP contribution is 2.37. The van der Waals surface area contributed by atoms with Crippen LogP contribution in [0.15, 0.2) is 65.9 Å². The van der Waals surface area contributed by atoms with E-state index in [0.29, 0.717) is 17.0 Å². The maximum absolute atomic E-state index is 13.2. The molecule has 0 spiro atoms. The minimum atomic E-state index is -1.06. The van der Waals surface area contributed by atoms with E-state index in [1.807, 2.05) is 30.3 Å². The van der Waals surface area contributed by atoms with Crippen LogP contribution in [0.3, 0.4) is 0 Å². The van der Waals surface area contributed by atoms with Gasteiger partial charge in [-0.05, 0) is 23.8 Å². The van der Waals surface area contributed by atoms with Gasteiger partial charge in [-0.15, -0.1) is 0 Å². The molecule has 27 heavy (non-hydrogen) atoms. The summed E-state index contributed by atoms with van der Waals surface area (Å²) in [6.07, 6.45) is 0. The van der Waals surface area contributed by atoms with Gasteiger partial charge < -0.3 is 15.3 Å². The number of carbonyl (C=O) groups is 3. The second-order valence-corrected chi connectivity index (χ2v) is 6.46. The number of carboxylic acid groups (broad SMARTS) is 1. The molecule has 4 rings (SSSR count). The number of anilines is 1. The second-order valence-electron chi connectivity index (χ2n) is 6.46. The number of carboxylic acids is 1. The first-order valence-electron chi connectivity index (χ1n) is 8.45. The largest absolute Gasteiger partial charge is 0.478 e. The number of carbonyl (C=O) groups excluding carboxylic acids is 2. The Hall–Kier alpha value is -3.61. The van der Waals surface area contributed by atoms with E-state index in [9.17, 15) is 19.5 Å². The minimum Gasteiger partial charge on any atom is -0.478 e.